The lowest BCUT2D eigenvalue weighted by molar-refractivity contribution is -0.139. The van der Waals surface area contributed by atoms with Crippen LogP contribution in [0.1, 0.15) is 49.7 Å². The second kappa shape index (κ2) is 3.34. The molecule has 0 heterocycles. The molecular formula is C15H18O2. The molecule has 2 heteroatoms. The lowest BCUT2D eigenvalue weighted by Gasteiger charge is -2.04. The Morgan fingerprint density at radius 2 is 1.71 bits per heavy atom. The van der Waals surface area contributed by atoms with E-state index in [1.807, 2.05) is 13.8 Å². The fraction of sp³-hybridized carbons (Fsp3) is 0.533. The van der Waals surface area contributed by atoms with E-state index in [0.717, 1.165) is 5.92 Å². The maximum Gasteiger partial charge on any atom is 0.307 e. The molecule has 0 spiro atoms. The predicted octanol–water partition coefficient (Wildman–Crippen LogP) is 3.39. The molecule has 17 heavy (non-hydrogen) atoms. The van der Waals surface area contributed by atoms with Gasteiger partial charge in [0.25, 0.3) is 0 Å². The first-order chi connectivity index (χ1) is 8.01. The van der Waals surface area contributed by atoms with Crippen LogP contribution in [0.25, 0.3) is 0 Å². The Balaban J connectivity index is 1.83. The van der Waals surface area contributed by atoms with Crippen molar-refractivity contribution in [1.29, 1.82) is 0 Å². The van der Waals surface area contributed by atoms with E-state index in [2.05, 4.69) is 24.3 Å². The van der Waals surface area contributed by atoms with Gasteiger partial charge in [0, 0.05) is 5.92 Å². The average molecular weight is 230 g/mol. The standard InChI is InChI=1S/C15H18O2/c1-15(2)12(13(15)14(16)17)11-7-5-10(6-8-11)9-3-4-9/h5-9,12-13H,3-4H2,1-2H3,(H,16,17)/t12-,13+/m1/s1. The molecule has 2 aliphatic carbocycles. The van der Waals surface area contributed by atoms with Crippen LogP contribution >= 0.6 is 0 Å². The third kappa shape index (κ3) is 1.67. The van der Waals surface area contributed by atoms with Gasteiger partial charge in [0.05, 0.1) is 5.92 Å². The highest BCUT2D eigenvalue weighted by Crippen LogP contribution is 2.64. The van der Waals surface area contributed by atoms with Crippen molar-refractivity contribution in [3.63, 3.8) is 0 Å². The third-order valence-corrected chi connectivity index (χ3v) is 4.44. The Kier molecular flexibility index (Phi) is 2.13. The van der Waals surface area contributed by atoms with Gasteiger partial charge in [0.2, 0.25) is 0 Å². The van der Waals surface area contributed by atoms with Crippen molar-refractivity contribution in [1.82, 2.24) is 0 Å². The molecule has 2 fully saturated rings. The number of benzene rings is 1. The number of hydrogen-bond donors (Lipinski definition) is 1. The van der Waals surface area contributed by atoms with Gasteiger partial charge >= 0.3 is 5.97 Å². The molecule has 0 saturated heterocycles. The molecule has 0 aliphatic heterocycles. The van der Waals surface area contributed by atoms with Crippen LogP contribution in [0, 0.1) is 11.3 Å². The molecule has 2 aliphatic rings. The Labute approximate surface area is 102 Å². The minimum absolute atomic E-state index is 0.0903. The molecule has 0 radical (unpaired) electrons. The van der Waals surface area contributed by atoms with Crippen molar-refractivity contribution in [3.8, 4) is 0 Å². The number of carboxylic acid groups (broad SMARTS) is 1. The molecule has 3 rings (SSSR count). The van der Waals surface area contributed by atoms with Crippen molar-refractivity contribution >= 4 is 5.97 Å². The van der Waals surface area contributed by atoms with Crippen molar-refractivity contribution < 1.29 is 9.90 Å². The summed E-state index contributed by atoms with van der Waals surface area (Å²) in [4.78, 5) is 11.1. The molecule has 2 atom stereocenters. The number of hydrogen-bond acceptors (Lipinski definition) is 1. The number of carbonyl (C=O) groups is 1. The highest BCUT2D eigenvalue weighted by atomic mass is 16.4. The summed E-state index contributed by atoms with van der Waals surface area (Å²) in [5, 5.41) is 9.17. The molecule has 2 saturated carbocycles. The normalized spacial score (nSPS) is 30.0. The van der Waals surface area contributed by atoms with Gasteiger partial charge < -0.3 is 5.11 Å². The summed E-state index contributed by atoms with van der Waals surface area (Å²) in [5.41, 5.74) is 2.51. The summed E-state index contributed by atoms with van der Waals surface area (Å²) in [6, 6.07) is 8.62. The summed E-state index contributed by atoms with van der Waals surface area (Å²) < 4.78 is 0. The van der Waals surface area contributed by atoms with Gasteiger partial charge in [-0.15, -0.1) is 0 Å². The topological polar surface area (TPSA) is 37.3 Å². The summed E-state index contributed by atoms with van der Waals surface area (Å²) >= 11 is 0. The zero-order chi connectivity index (χ0) is 12.2. The first kappa shape index (κ1) is 10.8. The first-order valence-corrected chi connectivity index (χ1v) is 6.34. The van der Waals surface area contributed by atoms with Gasteiger partial charge in [-0.1, -0.05) is 38.1 Å². The van der Waals surface area contributed by atoms with Crippen LogP contribution in [0.15, 0.2) is 24.3 Å². The van der Waals surface area contributed by atoms with Crippen LogP contribution in [-0.4, -0.2) is 11.1 Å². The molecule has 0 unspecified atom stereocenters. The molecule has 0 amide bonds. The molecule has 1 N–H and O–H groups in total. The fourth-order valence-corrected chi connectivity index (χ4v) is 3.11. The van der Waals surface area contributed by atoms with Crippen LogP contribution in [0.3, 0.4) is 0 Å². The van der Waals surface area contributed by atoms with Crippen LogP contribution in [-0.2, 0) is 4.79 Å². The largest absolute Gasteiger partial charge is 0.481 e. The minimum atomic E-state index is -0.661. The second-order valence-corrected chi connectivity index (χ2v) is 6.06. The Morgan fingerprint density at radius 3 is 2.12 bits per heavy atom. The Hall–Kier alpha value is -1.31. The van der Waals surface area contributed by atoms with E-state index >= 15 is 0 Å². The summed E-state index contributed by atoms with van der Waals surface area (Å²) in [6.45, 7) is 4.09. The molecule has 1 aromatic carbocycles. The van der Waals surface area contributed by atoms with Gasteiger partial charge in [-0.05, 0) is 35.3 Å². The zero-order valence-electron chi connectivity index (χ0n) is 10.3. The van der Waals surface area contributed by atoms with Gasteiger partial charge in [0.1, 0.15) is 0 Å². The van der Waals surface area contributed by atoms with Gasteiger partial charge in [-0.25, -0.2) is 0 Å². The van der Waals surface area contributed by atoms with E-state index in [9.17, 15) is 9.90 Å². The predicted molar refractivity (Wildman–Crippen MR) is 66.1 cm³/mol. The fourth-order valence-electron chi connectivity index (χ4n) is 3.11. The van der Waals surface area contributed by atoms with Gasteiger partial charge in [-0.3, -0.25) is 4.79 Å². The smallest absolute Gasteiger partial charge is 0.307 e. The highest BCUT2D eigenvalue weighted by Gasteiger charge is 2.62. The van der Waals surface area contributed by atoms with E-state index in [-0.39, 0.29) is 17.3 Å². The minimum Gasteiger partial charge on any atom is -0.481 e. The van der Waals surface area contributed by atoms with Crippen LogP contribution in [0.4, 0.5) is 0 Å². The Morgan fingerprint density at radius 1 is 1.18 bits per heavy atom. The maximum absolute atomic E-state index is 11.1. The Bertz CT molecular complexity index is 454. The van der Waals surface area contributed by atoms with Gasteiger partial charge in [-0.2, -0.15) is 0 Å². The zero-order valence-corrected chi connectivity index (χ0v) is 10.3. The van der Waals surface area contributed by atoms with E-state index < -0.39 is 5.97 Å². The molecular weight excluding hydrogens is 212 g/mol. The first-order valence-electron chi connectivity index (χ1n) is 6.34. The molecule has 90 valence electrons. The van der Waals surface area contributed by atoms with Crippen molar-refractivity contribution in [2.45, 2.75) is 38.5 Å². The lowest BCUT2D eigenvalue weighted by atomic mass is 10.0. The van der Waals surface area contributed by atoms with Crippen molar-refractivity contribution in [2.24, 2.45) is 11.3 Å². The van der Waals surface area contributed by atoms with E-state index in [1.165, 1.54) is 24.0 Å². The molecule has 0 aromatic heterocycles. The van der Waals surface area contributed by atoms with Crippen LogP contribution in [0.2, 0.25) is 0 Å². The van der Waals surface area contributed by atoms with E-state index in [0.29, 0.717) is 0 Å². The quantitative estimate of drug-likeness (QED) is 0.864. The third-order valence-electron chi connectivity index (χ3n) is 4.44. The van der Waals surface area contributed by atoms with E-state index in [4.69, 9.17) is 0 Å². The number of carboxylic acids is 1. The van der Waals surface area contributed by atoms with Crippen LogP contribution in [0.5, 0.6) is 0 Å². The molecule has 1 aromatic rings. The van der Waals surface area contributed by atoms with Crippen molar-refractivity contribution in [3.05, 3.63) is 35.4 Å². The van der Waals surface area contributed by atoms with Gasteiger partial charge in [0.15, 0.2) is 0 Å². The van der Waals surface area contributed by atoms with Crippen LogP contribution < -0.4 is 0 Å². The number of rotatable bonds is 3. The second-order valence-electron chi connectivity index (χ2n) is 6.06. The lowest BCUT2D eigenvalue weighted by Crippen LogP contribution is -2.03. The number of aliphatic carboxylic acids is 1. The summed E-state index contributed by atoms with van der Waals surface area (Å²) in [6.07, 6.45) is 2.62. The highest BCUT2D eigenvalue weighted by molar-refractivity contribution is 5.77. The van der Waals surface area contributed by atoms with E-state index in [1.54, 1.807) is 0 Å². The van der Waals surface area contributed by atoms with Crippen molar-refractivity contribution in [2.75, 3.05) is 0 Å². The molecule has 2 nitrogen and oxygen atoms in total. The monoisotopic (exact) mass is 230 g/mol. The maximum atomic E-state index is 11.1. The molecule has 0 bridgehead atoms. The average Bonchev–Trinajstić information content (AvgIpc) is 3.13. The SMILES string of the molecule is CC1(C)[C@H](C(=O)O)[C@H]1c1ccc(C2CC2)cc1. The summed E-state index contributed by atoms with van der Waals surface area (Å²) in [7, 11) is 0. The summed E-state index contributed by atoms with van der Waals surface area (Å²) in [5.74, 6) is 0.0836.